The number of nitrogens with one attached hydrogen (secondary N) is 1. The average molecular weight is 295 g/mol. The molecular formula is C17H13NO2S. The van der Waals surface area contributed by atoms with Gasteiger partial charge in [0.2, 0.25) is 0 Å². The molecule has 0 atom stereocenters. The van der Waals surface area contributed by atoms with Crippen LogP contribution >= 0.6 is 12.2 Å². The van der Waals surface area contributed by atoms with E-state index in [9.17, 15) is 4.79 Å². The van der Waals surface area contributed by atoms with E-state index < -0.39 is 0 Å². The van der Waals surface area contributed by atoms with Crippen LogP contribution in [-0.4, -0.2) is 11.1 Å². The van der Waals surface area contributed by atoms with Crippen LogP contribution in [0.15, 0.2) is 72.5 Å². The lowest BCUT2D eigenvalue weighted by Gasteiger charge is -2.14. The van der Waals surface area contributed by atoms with E-state index in [0.717, 1.165) is 11.1 Å². The summed E-state index contributed by atoms with van der Waals surface area (Å²) < 4.78 is 5.28. The molecule has 0 unspecified atom stereocenters. The zero-order valence-corrected chi connectivity index (χ0v) is 12.0. The Morgan fingerprint density at radius 3 is 1.90 bits per heavy atom. The second kappa shape index (κ2) is 5.89. The zero-order valence-electron chi connectivity index (χ0n) is 11.2. The van der Waals surface area contributed by atoms with E-state index in [1.807, 2.05) is 60.7 Å². The van der Waals surface area contributed by atoms with Crippen molar-refractivity contribution in [2.45, 2.75) is 5.92 Å². The van der Waals surface area contributed by atoms with E-state index in [4.69, 9.17) is 17.0 Å². The van der Waals surface area contributed by atoms with Crippen molar-refractivity contribution in [3.05, 3.63) is 83.6 Å². The fourth-order valence-corrected chi connectivity index (χ4v) is 2.48. The highest BCUT2D eigenvalue weighted by Gasteiger charge is 2.25. The predicted molar refractivity (Wildman–Crippen MR) is 84.6 cm³/mol. The molecule has 1 N–H and O–H groups in total. The van der Waals surface area contributed by atoms with Gasteiger partial charge in [-0.05, 0) is 29.4 Å². The van der Waals surface area contributed by atoms with Gasteiger partial charge >= 0.3 is 0 Å². The molecule has 0 radical (unpaired) electrons. The average Bonchev–Trinajstić information content (AvgIpc) is 2.84. The molecule has 1 aliphatic heterocycles. The van der Waals surface area contributed by atoms with Gasteiger partial charge in [0, 0.05) is 5.92 Å². The molecule has 104 valence electrons. The molecule has 0 saturated carbocycles. The second-order valence-electron chi connectivity index (χ2n) is 4.67. The predicted octanol–water partition coefficient (Wildman–Crippen LogP) is 3.13. The van der Waals surface area contributed by atoms with Gasteiger partial charge in [0.1, 0.15) is 0 Å². The van der Waals surface area contributed by atoms with Crippen molar-refractivity contribution in [3.8, 4) is 0 Å². The standard InChI is InChI=1S/C17H13NO2S/c19-16-15(20-17(21)18-16)11-14(12-7-3-1-4-8-12)13-9-5-2-6-10-13/h1-11,14H,(H,18,19,21). The third-order valence-corrected chi connectivity index (χ3v) is 3.46. The molecule has 3 nitrogen and oxygen atoms in total. The van der Waals surface area contributed by atoms with Crippen molar-refractivity contribution in [3.63, 3.8) is 0 Å². The Kier molecular flexibility index (Phi) is 3.79. The number of ether oxygens (including phenoxy) is 1. The normalized spacial score (nSPS) is 16.1. The first-order valence-corrected chi connectivity index (χ1v) is 7.00. The van der Waals surface area contributed by atoms with Gasteiger partial charge in [0.25, 0.3) is 11.1 Å². The number of amides is 1. The van der Waals surface area contributed by atoms with Crippen LogP contribution in [0.5, 0.6) is 0 Å². The van der Waals surface area contributed by atoms with Crippen molar-refractivity contribution in [1.29, 1.82) is 0 Å². The molecule has 0 bridgehead atoms. The van der Waals surface area contributed by atoms with Crippen LogP contribution in [0.4, 0.5) is 0 Å². The van der Waals surface area contributed by atoms with Crippen LogP contribution < -0.4 is 5.32 Å². The number of hydrogen-bond donors (Lipinski definition) is 1. The quantitative estimate of drug-likeness (QED) is 0.698. The van der Waals surface area contributed by atoms with Gasteiger partial charge in [0.05, 0.1) is 0 Å². The minimum atomic E-state index is -0.295. The van der Waals surface area contributed by atoms with E-state index in [1.165, 1.54) is 0 Å². The summed E-state index contributed by atoms with van der Waals surface area (Å²) in [6, 6.07) is 19.9. The first-order chi connectivity index (χ1) is 10.2. The number of rotatable bonds is 3. The van der Waals surface area contributed by atoms with Gasteiger partial charge in [-0.15, -0.1) is 0 Å². The number of benzene rings is 2. The molecule has 0 aliphatic carbocycles. The molecular weight excluding hydrogens is 282 g/mol. The summed E-state index contributed by atoms with van der Waals surface area (Å²) in [4.78, 5) is 11.8. The van der Waals surface area contributed by atoms with E-state index in [-0.39, 0.29) is 22.8 Å². The van der Waals surface area contributed by atoms with Crippen molar-refractivity contribution in [1.82, 2.24) is 5.32 Å². The Morgan fingerprint density at radius 2 is 1.48 bits per heavy atom. The Bertz CT molecular complexity index is 656. The molecule has 1 fully saturated rings. The fourth-order valence-electron chi connectivity index (χ4n) is 2.29. The van der Waals surface area contributed by atoms with Crippen LogP contribution in [0.25, 0.3) is 0 Å². The SMILES string of the molecule is O=C1NC(=S)OC1=CC(c1ccccc1)c1ccccc1. The molecule has 0 spiro atoms. The third-order valence-electron chi connectivity index (χ3n) is 3.28. The summed E-state index contributed by atoms with van der Waals surface area (Å²) in [6.45, 7) is 0. The third kappa shape index (κ3) is 3.01. The van der Waals surface area contributed by atoms with Crippen LogP contribution in [0, 0.1) is 0 Å². The maximum Gasteiger partial charge on any atom is 0.294 e. The lowest BCUT2D eigenvalue weighted by atomic mass is 9.90. The minimum absolute atomic E-state index is 0.0611. The van der Waals surface area contributed by atoms with Gasteiger partial charge in [-0.1, -0.05) is 60.7 Å². The Hall–Kier alpha value is -2.46. The van der Waals surface area contributed by atoms with Crippen LogP contribution in [0.3, 0.4) is 0 Å². The first-order valence-electron chi connectivity index (χ1n) is 6.59. The Morgan fingerprint density at radius 1 is 0.952 bits per heavy atom. The van der Waals surface area contributed by atoms with E-state index in [0.29, 0.717) is 0 Å². The summed E-state index contributed by atoms with van der Waals surface area (Å²) in [5.74, 6) is -0.108. The van der Waals surface area contributed by atoms with Gasteiger partial charge in [0.15, 0.2) is 5.76 Å². The molecule has 1 heterocycles. The summed E-state index contributed by atoms with van der Waals surface area (Å²) in [7, 11) is 0. The molecule has 21 heavy (non-hydrogen) atoms. The fraction of sp³-hybridized carbons (Fsp3) is 0.0588. The molecule has 4 heteroatoms. The van der Waals surface area contributed by atoms with Crippen molar-refractivity contribution in [2.75, 3.05) is 0 Å². The maximum absolute atomic E-state index is 11.8. The minimum Gasteiger partial charge on any atom is -0.426 e. The van der Waals surface area contributed by atoms with Crippen molar-refractivity contribution in [2.24, 2.45) is 0 Å². The summed E-state index contributed by atoms with van der Waals surface area (Å²) >= 11 is 4.86. The van der Waals surface area contributed by atoms with Crippen molar-refractivity contribution >= 4 is 23.3 Å². The topological polar surface area (TPSA) is 38.3 Å². The van der Waals surface area contributed by atoms with E-state index >= 15 is 0 Å². The summed E-state index contributed by atoms with van der Waals surface area (Å²) in [5.41, 5.74) is 2.18. The molecule has 2 aromatic carbocycles. The highest BCUT2D eigenvalue weighted by Crippen LogP contribution is 2.28. The molecule has 3 rings (SSSR count). The highest BCUT2D eigenvalue weighted by molar-refractivity contribution is 7.80. The molecule has 1 amide bonds. The zero-order chi connectivity index (χ0) is 14.7. The van der Waals surface area contributed by atoms with Gasteiger partial charge in [-0.25, -0.2) is 0 Å². The number of allylic oxidation sites excluding steroid dienone is 1. The summed E-state index contributed by atoms with van der Waals surface area (Å²) in [5, 5.41) is 2.58. The monoisotopic (exact) mass is 295 g/mol. The van der Waals surface area contributed by atoms with Gasteiger partial charge in [-0.2, -0.15) is 0 Å². The number of thiocarbonyl (C=S) groups is 1. The maximum atomic E-state index is 11.8. The number of carbonyl (C=O) groups is 1. The smallest absolute Gasteiger partial charge is 0.294 e. The molecule has 2 aromatic rings. The first kappa shape index (κ1) is 13.5. The van der Waals surface area contributed by atoms with Gasteiger partial charge < -0.3 is 4.74 Å². The number of carbonyl (C=O) groups excluding carboxylic acids is 1. The van der Waals surface area contributed by atoms with Gasteiger partial charge in [-0.3, -0.25) is 10.1 Å². The lowest BCUT2D eigenvalue weighted by molar-refractivity contribution is -0.116. The second-order valence-corrected chi connectivity index (χ2v) is 5.04. The summed E-state index contributed by atoms with van der Waals surface area (Å²) in [6.07, 6.45) is 1.80. The van der Waals surface area contributed by atoms with E-state index in [1.54, 1.807) is 6.08 Å². The largest absolute Gasteiger partial charge is 0.426 e. The lowest BCUT2D eigenvalue weighted by Crippen LogP contribution is -2.18. The Labute approximate surface area is 128 Å². The highest BCUT2D eigenvalue weighted by atomic mass is 32.1. The number of hydrogen-bond acceptors (Lipinski definition) is 3. The Balaban J connectivity index is 2.04. The van der Waals surface area contributed by atoms with Crippen molar-refractivity contribution < 1.29 is 9.53 Å². The van der Waals surface area contributed by atoms with Crippen LogP contribution in [0.2, 0.25) is 0 Å². The molecule has 0 aromatic heterocycles. The van der Waals surface area contributed by atoms with Crippen LogP contribution in [0.1, 0.15) is 17.0 Å². The van der Waals surface area contributed by atoms with Crippen LogP contribution in [-0.2, 0) is 9.53 Å². The molecule has 1 saturated heterocycles. The molecule has 1 aliphatic rings. The van der Waals surface area contributed by atoms with E-state index in [2.05, 4.69) is 5.32 Å².